The third-order valence-electron chi connectivity index (χ3n) is 9.64. The van der Waals surface area contributed by atoms with Crippen LogP contribution < -0.4 is 0 Å². The van der Waals surface area contributed by atoms with Crippen LogP contribution in [-0.2, 0) is 0 Å². The van der Waals surface area contributed by atoms with Crippen molar-refractivity contribution in [3.05, 3.63) is 215 Å². The van der Waals surface area contributed by atoms with Crippen LogP contribution in [0.5, 0.6) is 0 Å². The number of nitriles is 5. The second kappa shape index (κ2) is 14.8. The molecule has 0 atom stereocenters. The van der Waals surface area contributed by atoms with Crippen LogP contribution in [0.2, 0.25) is 0 Å². The molecular weight excluding hydrogens is 717 g/mol. The van der Waals surface area contributed by atoms with E-state index in [0.717, 1.165) is 0 Å². The van der Waals surface area contributed by atoms with Gasteiger partial charge in [0.05, 0.1) is 78.9 Å². The van der Waals surface area contributed by atoms with Gasteiger partial charge in [-0.25, -0.2) is 24.2 Å². The molecule has 0 saturated carbocycles. The first-order valence-corrected chi connectivity index (χ1v) is 16.9. The fourth-order valence-corrected chi connectivity index (χ4v) is 7.21. The van der Waals surface area contributed by atoms with Crippen LogP contribution in [0.15, 0.2) is 97.1 Å². The zero-order valence-electron chi connectivity index (χ0n) is 29.7. The molecule has 0 saturated heterocycles. The van der Waals surface area contributed by atoms with Crippen LogP contribution in [0.4, 0.5) is 17.1 Å². The number of allylic oxidation sites excluding steroid dienone is 6. The summed E-state index contributed by atoms with van der Waals surface area (Å²) < 4.78 is 0. The van der Waals surface area contributed by atoms with E-state index in [1.807, 2.05) is 12.1 Å². The summed E-state index contributed by atoms with van der Waals surface area (Å²) in [4.78, 5) is 18.4. The van der Waals surface area contributed by atoms with Gasteiger partial charge in [0.25, 0.3) is 0 Å². The van der Waals surface area contributed by atoms with Crippen molar-refractivity contribution in [1.29, 1.82) is 26.3 Å². The highest BCUT2D eigenvalue weighted by Crippen LogP contribution is 2.56. The third-order valence-corrected chi connectivity index (χ3v) is 9.64. The molecule has 2 aliphatic rings. The Morgan fingerprint density at radius 1 is 0.448 bits per heavy atom. The van der Waals surface area contributed by atoms with E-state index >= 15 is 0 Å². The van der Waals surface area contributed by atoms with E-state index in [-0.39, 0.29) is 56.2 Å². The van der Waals surface area contributed by atoms with Crippen molar-refractivity contribution in [2.45, 2.75) is 0 Å². The van der Waals surface area contributed by atoms with Crippen LogP contribution >= 0.6 is 0 Å². The number of rotatable bonds is 4. The fraction of sp³-hybridized carbons (Fsp3) is 0. The largest absolute Gasteiger partial charge is 0.239 e. The number of hydrogen-bond acceptors (Lipinski definition) is 5. The van der Waals surface area contributed by atoms with Gasteiger partial charge in [-0.2, -0.15) is 26.3 Å². The Hall–Kier alpha value is -10.0. The molecule has 0 unspecified atom stereocenters. The van der Waals surface area contributed by atoms with Gasteiger partial charge in [0, 0.05) is 0 Å². The Morgan fingerprint density at radius 2 is 1.00 bits per heavy atom. The third kappa shape index (κ3) is 5.86. The molecule has 0 aromatic heterocycles. The lowest BCUT2D eigenvalue weighted by Gasteiger charge is -2.15. The summed E-state index contributed by atoms with van der Waals surface area (Å²) in [6, 6.07) is 35.9. The number of nitrogens with zero attached hydrogens (tertiary/aromatic N) is 10. The quantitative estimate of drug-likeness (QED) is 0.134. The maximum Gasteiger partial charge on any atom is 0.203 e. The van der Waals surface area contributed by atoms with Crippen molar-refractivity contribution in [3.8, 4) is 30.3 Å². The molecule has 0 heterocycles. The molecule has 0 spiro atoms. The van der Waals surface area contributed by atoms with Gasteiger partial charge < -0.3 is 0 Å². The highest BCUT2D eigenvalue weighted by molar-refractivity contribution is 6.33. The van der Waals surface area contributed by atoms with E-state index in [0.29, 0.717) is 66.9 Å². The summed E-state index contributed by atoms with van der Waals surface area (Å²) in [7, 11) is 0. The Bertz CT molecular complexity index is 3010. The summed E-state index contributed by atoms with van der Waals surface area (Å²) in [6.45, 7) is 39.8. The van der Waals surface area contributed by atoms with Crippen molar-refractivity contribution < 1.29 is 0 Å². The average Bonchev–Trinajstić information content (AvgIpc) is 3.77. The number of benzene rings is 5. The minimum Gasteiger partial charge on any atom is -0.239 e. The van der Waals surface area contributed by atoms with Gasteiger partial charge in [-0.05, 0) is 103 Å². The van der Waals surface area contributed by atoms with Crippen molar-refractivity contribution >= 4 is 61.9 Å². The molecule has 10 nitrogen and oxygen atoms in total. The molecule has 0 fully saturated rings. The minimum atomic E-state index is 0.0248. The van der Waals surface area contributed by atoms with E-state index in [2.05, 4.69) is 42.4 Å². The van der Waals surface area contributed by atoms with E-state index < -0.39 is 0 Å². The van der Waals surface area contributed by atoms with E-state index in [1.165, 1.54) is 36.4 Å². The van der Waals surface area contributed by atoms with Gasteiger partial charge in [0.2, 0.25) is 11.4 Å². The van der Waals surface area contributed by atoms with Gasteiger partial charge in [0.1, 0.15) is 12.1 Å². The fourth-order valence-electron chi connectivity index (χ4n) is 7.21. The van der Waals surface area contributed by atoms with Crippen LogP contribution in [-0.4, -0.2) is 0 Å². The van der Waals surface area contributed by atoms with Gasteiger partial charge in [-0.1, -0.05) is 60.7 Å². The van der Waals surface area contributed by atoms with Gasteiger partial charge in [0.15, 0.2) is 17.1 Å². The summed E-state index contributed by atoms with van der Waals surface area (Å²) in [5.41, 5.74) is 5.98. The van der Waals surface area contributed by atoms with Crippen molar-refractivity contribution in [1.82, 2.24) is 0 Å². The molecular formula is C48H16N10. The van der Waals surface area contributed by atoms with E-state index in [1.54, 1.807) is 60.7 Å². The van der Waals surface area contributed by atoms with Gasteiger partial charge >= 0.3 is 0 Å². The van der Waals surface area contributed by atoms with Crippen LogP contribution in [0, 0.1) is 89.5 Å². The number of hydrogen-bond donors (Lipinski definition) is 0. The highest BCUT2D eigenvalue weighted by atomic mass is 14.7. The summed E-state index contributed by atoms with van der Waals surface area (Å²) in [5, 5.41) is 51.0. The van der Waals surface area contributed by atoms with Crippen molar-refractivity contribution in [3.63, 3.8) is 0 Å². The van der Waals surface area contributed by atoms with Crippen molar-refractivity contribution in [2.24, 2.45) is 0 Å². The first-order valence-electron chi connectivity index (χ1n) is 16.9. The predicted molar refractivity (Wildman–Crippen MR) is 217 cm³/mol. The first-order chi connectivity index (χ1) is 28.3. The van der Waals surface area contributed by atoms with Gasteiger partial charge in [-0.3, -0.25) is 0 Å². The molecule has 0 bridgehead atoms. The monoisotopic (exact) mass is 732 g/mol. The second-order valence-corrected chi connectivity index (χ2v) is 12.7. The normalized spacial score (nSPS) is 13.6. The van der Waals surface area contributed by atoms with E-state index in [9.17, 15) is 26.3 Å². The SMILES string of the molecule is [C-]#[N+]C1=C(c2ccc([N+]#[C-])cc2)/C(=C(/C#N)c2cc([N+]#[C-])cc([N+]#[C-])c2)c2cc3c(cc21)/C(=C(\[N+]#[C-])c1cc(C#N)cc(C#N)c1)C(c1ccc(C#N)cc1)=C3C#N. The zero-order chi connectivity index (χ0) is 41.1. The smallest absolute Gasteiger partial charge is 0.203 e. The standard InChI is InChI=1S/C48H16N10/c1-54-34-12-10-31(11-13-34)44-45(41(25-52)32-17-35(55-2)19-36(18-32)56-3)39-20-37-38(21-40(39)48(44)58-5)46(43(42(37)26-53)30-8-6-27(22-49)7-9-30)47(57-4)33-15-28(23-50)14-29(16-33)24-51/h6-21H/b45-41-,47-46+. The number of fused-ring (bicyclic) bond motifs is 2. The summed E-state index contributed by atoms with van der Waals surface area (Å²) in [5.74, 6) is 0. The predicted octanol–water partition coefficient (Wildman–Crippen LogP) is 11.4. The molecule has 0 aliphatic heterocycles. The molecule has 10 heteroatoms. The van der Waals surface area contributed by atoms with E-state index in [4.69, 9.17) is 32.9 Å². The Kier molecular flexibility index (Phi) is 9.25. The maximum absolute atomic E-state index is 10.9. The Morgan fingerprint density at radius 3 is 1.52 bits per heavy atom. The molecule has 2 aliphatic carbocycles. The molecule has 7 rings (SSSR count). The molecule has 5 aromatic rings. The highest BCUT2D eigenvalue weighted by Gasteiger charge is 2.37. The van der Waals surface area contributed by atoms with Crippen LogP contribution in [0.1, 0.15) is 61.2 Å². The zero-order valence-corrected chi connectivity index (χ0v) is 29.7. The Labute approximate surface area is 332 Å². The molecule has 0 radical (unpaired) electrons. The lowest BCUT2D eigenvalue weighted by atomic mass is 9.87. The summed E-state index contributed by atoms with van der Waals surface area (Å²) in [6.07, 6.45) is 0. The lowest BCUT2D eigenvalue weighted by molar-refractivity contribution is 1.43. The topological polar surface area (TPSA) is 141 Å². The molecule has 258 valence electrons. The van der Waals surface area contributed by atoms with Crippen LogP contribution in [0.3, 0.4) is 0 Å². The Balaban J connectivity index is 1.66. The van der Waals surface area contributed by atoms with Crippen molar-refractivity contribution in [2.75, 3.05) is 0 Å². The summed E-state index contributed by atoms with van der Waals surface area (Å²) >= 11 is 0. The average molecular weight is 733 g/mol. The lowest BCUT2D eigenvalue weighted by Crippen LogP contribution is -1.96. The van der Waals surface area contributed by atoms with Gasteiger partial charge in [-0.15, -0.1) is 0 Å². The first kappa shape index (κ1) is 36.3. The maximum atomic E-state index is 10.9. The minimum absolute atomic E-state index is 0.0248. The second-order valence-electron chi connectivity index (χ2n) is 12.7. The van der Waals surface area contributed by atoms with Crippen LogP contribution in [0.25, 0.3) is 69.1 Å². The molecule has 0 N–H and O–H groups in total. The molecule has 0 amide bonds. The molecule has 5 aromatic carbocycles. The molecule has 58 heavy (non-hydrogen) atoms.